The van der Waals surface area contributed by atoms with Crippen molar-refractivity contribution in [2.45, 2.75) is 11.4 Å². The predicted molar refractivity (Wildman–Crippen MR) is 83.9 cm³/mol. The molecule has 6 nitrogen and oxygen atoms in total. The van der Waals surface area contributed by atoms with Gasteiger partial charge in [-0.25, -0.2) is 8.42 Å². The SMILES string of the molecule is NCCn1cc(S(=O)(=O)Nc2ccc3sccc3c2)cn1. The van der Waals surface area contributed by atoms with Crippen molar-refractivity contribution in [1.82, 2.24) is 9.78 Å². The first-order valence-corrected chi connectivity index (χ1v) is 8.67. The second-order valence-electron chi connectivity index (χ2n) is 4.51. The molecule has 0 radical (unpaired) electrons. The first-order valence-electron chi connectivity index (χ1n) is 6.31. The first-order chi connectivity index (χ1) is 10.1. The molecule has 3 rings (SSSR count). The van der Waals surface area contributed by atoms with Crippen LogP contribution in [-0.4, -0.2) is 24.7 Å². The fourth-order valence-electron chi connectivity index (χ4n) is 1.98. The van der Waals surface area contributed by atoms with Crippen LogP contribution in [0.3, 0.4) is 0 Å². The smallest absolute Gasteiger partial charge is 0.265 e. The Morgan fingerprint density at radius 2 is 2.19 bits per heavy atom. The lowest BCUT2D eigenvalue weighted by atomic mass is 10.2. The number of nitrogens with two attached hydrogens (primary N) is 1. The van der Waals surface area contributed by atoms with Gasteiger partial charge in [0.1, 0.15) is 4.90 Å². The second kappa shape index (κ2) is 5.47. The third kappa shape index (κ3) is 2.92. The minimum absolute atomic E-state index is 0.126. The van der Waals surface area contributed by atoms with Gasteiger partial charge in [-0.3, -0.25) is 9.40 Å². The van der Waals surface area contributed by atoms with Crippen molar-refractivity contribution >= 4 is 37.1 Å². The number of hydrogen-bond acceptors (Lipinski definition) is 5. The van der Waals surface area contributed by atoms with E-state index in [2.05, 4.69) is 9.82 Å². The minimum atomic E-state index is -3.63. The second-order valence-corrected chi connectivity index (χ2v) is 7.14. The number of aromatic nitrogens is 2. The molecule has 0 aliphatic carbocycles. The molecule has 0 aliphatic heterocycles. The Labute approximate surface area is 126 Å². The van der Waals surface area contributed by atoms with E-state index in [0.717, 1.165) is 10.1 Å². The molecule has 0 aliphatic rings. The van der Waals surface area contributed by atoms with Crippen molar-refractivity contribution in [2.24, 2.45) is 5.73 Å². The van der Waals surface area contributed by atoms with Crippen LogP contribution in [0.1, 0.15) is 0 Å². The summed E-state index contributed by atoms with van der Waals surface area (Å²) in [4.78, 5) is 0.126. The van der Waals surface area contributed by atoms with Gasteiger partial charge in [0, 0.05) is 23.1 Å². The summed E-state index contributed by atoms with van der Waals surface area (Å²) >= 11 is 1.62. The van der Waals surface area contributed by atoms with E-state index in [1.165, 1.54) is 17.1 Å². The van der Waals surface area contributed by atoms with Crippen LogP contribution in [0.15, 0.2) is 46.9 Å². The van der Waals surface area contributed by atoms with Crippen LogP contribution < -0.4 is 10.5 Å². The highest BCUT2D eigenvalue weighted by Gasteiger charge is 2.16. The van der Waals surface area contributed by atoms with Crippen LogP contribution in [0.5, 0.6) is 0 Å². The molecule has 110 valence electrons. The van der Waals surface area contributed by atoms with E-state index in [9.17, 15) is 8.42 Å². The Bertz CT molecular complexity index is 867. The lowest BCUT2D eigenvalue weighted by Gasteiger charge is -2.06. The molecular formula is C13H14N4O2S2. The molecule has 3 N–H and O–H groups in total. The molecule has 2 aromatic heterocycles. The molecule has 0 saturated heterocycles. The van der Waals surface area contributed by atoms with E-state index in [4.69, 9.17) is 5.73 Å². The number of fused-ring (bicyclic) bond motifs is 1. The highest BCUT2D eigenvalue weighted by atomic mass is 32.2. The van der Waals surface area contributed by atoms with Crippen LogP contribution in [0.25, 0.3) is 10.1 Å². The maximum absolute atomic E-state index is 12.3. The maximum Gasteiger partial charge on any atom is 0.265 e. The average Bonchev–Trinajstić information content (AvgIpc) is 3.07. The molecule has 2 heterocycles. The Hall–Kier alpha value is -1.90. The number of nitrogens with zero attached hydrogens (tertiary/aromatic N) is 2. The van der Waals surface area contributed by atoms with E-state index in [-0.39, 0.29) is 4.90 Å². The number of rotatable bonds is 5. The Morgan fingerprint density at radius 1 is 1.33 bits per heavy atom. The summed E-state index contributed by atoms with van der Waals surface area (Å²) in [5.41, 5.74) is 5.95. The molecule has 0 amide bonds. The van der Waals surface area contributed by atoms with Gasteiger partial charge in [0.05, 0.1) is 12.7 Å². The Morgan fingerprint density at radius 3 is 3.00 bits per heavy atom. The van der Waals surface area contributed by atoms with E-state index >= 15 is 0 Å². The van der Waals surface area contributed by atoms with Crippen LogP contribution in [0.4, 0.5) is 5.69 Å². The van der Waals surface area contributed by atoms with E-state index in [1.54, 1.807) is 17.4 Å². The van der Waals surface area contributed by atoms with Gasteiger partial charge in [-0.05, 0) is 35.0 Å². The molecule has 0 unspecified atom stereocenters. The van der Waals surface area contributed by atoms with Crippen molar-refractivity contribution in [2.75, 3.05) is 11.3 Å². The summed E-state index contributed by atoms with van der Waals surface area (Å²) in [5, 5.41) is 6.96. The third-order valence-electron chi connectivity index (χ3n) is 2.98. The predicted octanol–water partition coefficient (Wildman–Crippen LogP) is 1.86. The van der Waals surface area contributed by atoms with Gasteiger partial charge in [-0.2, -0.15) is 5.10 Å². The monoisotopic (exact) mass is 322 g/mol. The van der Waals surface area contributed by atoms with E-state index < -0.39 is 10.0 Å². The molecule has 0 bridgehead atoms. The number of nitrogens with one attached hydrogen (secondary N) is 1. The zero-order valence-electron chi connectivity index (χ0n) is 11.1. The van der Waals surface area contributed by atoms with Crippen LogP contribution >= 0.6 is 11.3 Å². The van der Waals surface area contributed by atoms with Crippen LogP contribution in [-0.2, 0) is 16.6 Å². The molecule has 0 saturated carbocycles. The summed E-state index contributed by atoms with van der Waals surface area (Å²) in [5.74, 6) is 0. The number of hydrogen-bond donors (Lipinski definition) is 2. The highest BCUT2D eigenvalue weighted by Crippen LogP contribution is 2.25. The molecule has 3 aromatic rings. The first kappa shape index (κ1) is 14.1. The zero-order valence-corrected chi connectivity index (χ0v) is 12.7. The lowest BCUT2D eigenvalue weighted by Crippen LogP contribution is -2.13. The zero-order chi connectivity index (χ0) is 14.9. The summed E-state index contributed by atoms with van der Waals surface area (Å²) in [7, 11) is -3.63. The number of sulfonamides is 1. The van der Waals surface area contributed by atoms with Crippen molar-refractivity contribution in [3.05, 3.63) is 42.0 Å². The van der Waals surface area contributed by atoms with Gasteiger partial charge in [0.25, 0.3) is 10.0 Å². The average molecular weight is 322 g/mol. The quantitative estimate of drug-likeness (QED) is 0.750. The van der Waals surface area contributed by atoms with Gasteiger partial charge in [-0.15, -0.1) is 11.3 Å². The number of benzene rings is 1. The fourth-order valence-corrected chi connectivity index (χ4v) is 3.75. The van der Waals surface area contributed by atoms with Crippen LogP contribution in [0.2, 0.25) is 0 Å². The third-order valence-corrected chi connectivity index (χ3v) is 5.22. The van der Waals surface area contributed by atoms with E-state index in [1.807, 2.05) is 23.6 Å². The summed E-state index contributed by atoms with van der Waals surface area (Å²) < 4.78 is 29.8. The maximum atomic E-state index is 12.3. The molecule has 0 spiro atoms. The normalized spacial score (nSPS) is 11.9. The van der Waals surface area contributed by atoms with Crippen molar-refractivity contribution in [1.29, 1.82) is 0 Å². The van der Waals surface area contributed by atoms with E-state index in [0.29, 0.717) is 18.8 Å². The van der Waals surface area contributed by atoms with Crippen LogP contribution in [0, 0.1) is 0 Å². The van der Waals surface area contributed by atoms with Crippen molar-refractivity contribution < 1.29 is 8.42 Å². The fraction of sp³-hybridized carbons (Fsp3) is 0.154. The molecular weight excluding hydrogens is 308 g/mol. The molecule has 0 fully saturated rings. The standard InChI is InChI=1S/C13H14N4O2S2/c14-4-5-17-9-12(8-15-17)21(18,19)16-11-1-2-13-10(7-11)3-6-20-13/h1-3,6-9,16H,4-5,14H2. The number of anilines is 1. The largest absolute Gasteiger partial charge is 0.329 e. The van der Waals surface area contributed by atoms with Crippen molar-refractivity contribution in [3.8, 4) is 0 Å². The minimum Gasteiger partial charge on any atom is -0.329 e. The highest BCUT2D eigenvalue weighted by molar-refractivity contribution is 7.92. The van der Waals surface area contributed by atoms with Gasteiger partial charge in [0.2, 0.25) is 0 Å². The Kier molecular flexibility index (Phi) is 3.66. The van der Waals surface area contributed by atoms with Gasteiger partial charge in [0.15, 0.2) is 0 Å². The summed E-state index contributed by atoms with van der Waals surface area (Å²) in [6.45, 7) is 0.889. The van der Waals surface area contributed by atoms with Gasteiger partial charge >= 0.3 is 0 Å². The lowest BCUT2D eigenvalue weighted by molar-refractivity contribution is 0.599. The topological polar surface area (TPSA) is 90.0 Å². The number of thiophene rings is 1. The van der Waals surface area contributed by atoms with Gasteiger partial charge < -0.3 is 5.73 Å². The Balaban J connectivity index is 1.87. The molecule has 1 aromatic carbocycles. The summed E-state index contributed by atoms with van der Waals surface area (Å²) in [6, 6.07) is 7.42. The van der Waals surface area contributed by atoms with Crippen molar-refractivity contribution in [3.63, 3.8) is 0 Å². The molecule has 21 heavy (non-hydrogen) atoms. The molecule has 8 heteroatoms. The summed E-state index contributed by atoms with van der Waals surface area (Å²) in [6.07, 6.45) is 2.79. The van der Waals surface area contributed by atoms with Gasteiger partial charge in [-0.1, -0.05) is 0 Å². The molecule has 0 atom stereocenters.